The van der Waals surface area contributed by atoms with Crippen LogP contribution in [0.2, 0.25) is 5.22 Å². The van der Waals surface area contributed by atoms with Crippen molar-refractivity contribution >= 4 is 21.4 Å². The molecule has 0 saturated heterocycles. The third-order valence-electron chi connectivity index (χ3n) is 1.81. The zero-order valence-corrected chi connectivity index (χ0v) is 10.2. The standard InChI is InChI=1S/C9H14ClNO3S/c1-7(6-15(2,12)13)11-5-8-3-4-9(10)14-8/h3-4,7,11H,5-6H2,1-2H3/t7-/m0/s1. The summed E-state index contributed by atoms with van der Waals surface area (Å²) >= 11 is 5.59. The average Bonchev–Trinajstić information content (AvgIpc) is 2.45. The number of hydrogen-bond acceptors (Lipinski definition) is 4. The maximum atomic E-state index is 11.0. The van der Waals surface area contributed by atoms with Crippen molar-refractivity contribution in [3.05, 3.63) is 23.1 Å². The highest BCUT2D eigenvalue weighted by molar-refractivity contribution is 7.90. The van der Waals surface area contributed by atoms with E-state index in [9.17, 15) is 8.42 Å². The second kappa shape index (κ2) is 5.01. The maximum Gasteiger partial charge on any atom is 0.193 e. The molecule has 0 bridgehead atoms. The molecule has 0 unspecified atom stereocenters. The van der Waals surface area contributed by atoms with Gasteiger partial charge in [0.05, 0.1) is 12.3 Å². The van der Waals surface area contributed by atoms with E-state index in [1.165, 1.54) is 6.26 Å². The summed E-state index contributed by atoms with van der Waals surface area (Å²) < 4.78 is 27.1. The predicted molar refractivity (Wildman–Crippen MR) is 59.7 cm³/mol. The van der Waals surface area contributed by atoms with Crippen LogP contribution in [0.3, 0.4) is 0 Å². The predicted octanol–water partition coefficient (Wildman–Crippen LogP) is 1.46. The molecular formula is C9H14ClNO3S. The van der Waals surface area contributed by atoms with E-state index in [4.69, 9.17) is 16.0 Å². The second-order valence-electron chi connectivity index (χ2n) is 3.58. The summed E-state index contributed by atoms with van der Waals surface area (Å²) in [5.41, 5.74) is 0. The van der Waals surface area contributed by atoms with Crippen LogP contribution in [0.4, 0.5) is 0 Å². The lowest BCUT2D eigenvalue weighted by molar-refractivity contribution is 0.465. The number of hydrogen-bond donors (Lipinski definition) is 1. The molecule has 1 N–H and O–H groups in total. The Morgan fingerprint density at radius 2 is 2.20 bits per heavy atom. The zero-order chi connectivity index (χ0) is 11.5. The lowest BCUT2D eigenvalue weighted by Gasteiger charge is -2.10. The monoisotopic (exact) mass is 251 g/mol. The average molecular weight is 252 g/mol. The molecule has 0 aliphatic carbocycles. The summed E-state index contributed by atoms with van der Waals surface area (Å²) in [5, 5.41) is 3.37. The summed E-state index contributed by atoms with van der Waals surface area (Å²) in [6, 6.07) is 3.30. The first-order valence-electron chi connectivity index (χ1n) is 4.52. The number of sulfone groups is 1. The molecule has 0 fully saturated rings. The highest BCUT2D eigenvalue weighted by Crippen LogP contribution is 2.12. The van der Waals surface area contributed by atoms with Gasteiger partial charge in [-0.05, 0) is 30.7 Å². The number of rotatable bonds is 5. The minimum absolute atomic E-state index is 0.108. The van der Waals surface area contributed by atoms with Gasteiger partial charge in [0.25, 0.3) is 0 Å². The Kier molecular flexibility index (Phi) is 4.19. The molecule has 0 saturated carbocycles. The van der Waals surface area contributed by atoms with Crippen molar-refractivity contribution < 1.29 is 12.8 Å². The summed E-state index contributed by atoms with van der Waals surface area (Å²) in [6.07, 6.45) is 1.22. The maximum absolute atomic E-state index is 11.0. The Morgan fingerprint density at radius 3 is 2.67 bits per heavy atom. The van der Waals surface area contributed by atoms with E-state index in [1.54, 1.807) is 12.1 Å². The summed E-state index contributed by atoms with van der Waals surface area (Å²) in [7, 11) is -2.94. The summed E-state index contributed by atoms with van der Waals surface area (Å²) in [5.74, 6) is 0.807. The van der Waals surface area contributed by atoms with E-state index in [2.05, 4.69) is 5.32 Å². The van der Waals surface area contributed by atoms with Gasteiger partial charge in [0.15, 0.2) is 5.22 Å². The lowest BCUT2D eigenvalue weighted by atomic mass is 10.3. The van der Waals surface area contributed by atoms with Crippen molar-refractivity contribution in [2.45, 2.75) is 19.5 Å². The summed E-state index contributed by atoms with van der Waals surface area (Å²) in [4.78, 5) is 0. The quantitative estimate of drug-likeness (QED) is 0.861. The molecule has 1 aromatic heterocycles. The largest absolute Gasteiger partial charge is 0.448 e. The molecule has 1 rings (SSSR count). The van der Waals surface area contributed by atoms with Crippen LogP contribution in [0.1, 0.15) is 12.7 Å². The van der Waals surface area contributed by atoms with Crippen LogP contribution in [-0.2, 0) is 16.4 Å². The molecular weight excluding hydrogens is 238 g/mol. The molecule has 0 radical (unpaired) electrons. The highest BCUT2D eigenvalue weighted by atomic mass is 35.5. The van der Waals surface area contributed by atoms with Crippen molar-refractivity contribution in [1.82, 2.24) is 5.32 Å². The van der Waals surface area contributed by atoms with Crippen LogP contribution in [0.15, 0.2) is 16.5 Å². The lowest BCUT2D eigenvalue weighted by Crippen LogP contribution is -2.32. The molecule has 4 nitrogen and oxygen atoms in total. The number of nitrogens with one attached hydrogen (secondary N) is 1. The Bertz CT molecular complexity index is 413. The molecule has 0 aliphatic rings. The van der Waals surface area contributed by atoms with E-state index in [0.717, 1.165) is 0 Å². The van der Waals surface area contributed by atoms with E-state index in [-0.39, 0.29) is 11.8 Å². The molecule has 86 valence electrons. The highest BCUT2D eigenvalue weighted by Gasteiger charge is 2.10. The van der Waals surface area contributed by atoms with Gasteiger partial charge < -0.3 is 9.73 Å². The van der Waals surface area contributed by atoms with Gasteiger partial charge in [-0.25, -0.2) is 8.42 Å². The van der Waals surface area contributed by atoms with Crippen molar-refractivity contribution in [3.63, 3.8) is 0 Å². The Labute approximate surface area is 94.5 Å². The fourth-order valence-corrected chi connectivity index (χ4v) is 2.42. The molecule has 0 aliphatic heterocycles. The number of furan rings is 1. The third-order valence-corrected chi connectivity index (χ3v) is 3.11. The molecule has 1 aromatic rings. The van der Waals surface area contributed by atoms with Gasteiger partial charge in [-0.2, -0.15) is 0 Å². The van der Waals surface area contributed by atoms with Crippen LogP contribution in [0, 0.1) is 0 Å². The van der Waals surface area contributed by atoms with Crippen molar-refractivity contribution in [1.29, 1.82) is 0 Å². The van der Waals surface area contributed by atoms with Gasteiger partial charge in [-0.3, -0.25) is 0 Å². The number of halogens is 1. The normalized spacial score (nSPS) is 14.1. The molecule has 1 heterocycles. The van der Waals surface area contributed by atoms with Crippen LogP contribution in [0.25, 0.3) is 0 Å². The molecule has 15 heavy (non-hydrogen) atoms. The summed E-state index contributed by atoms with van der Waals surface area (Å²) in [6.45, 7) is 2.29. The zero-order valence-electron chi connectivity index (χ0n) is 8.66. The molecule has 0 spiro atoms. The van der Waals surface area contributed by atoms with Crippen molar-refractivity contribution in [2.24, 2.45) is 0 Å². The Hall–Kier alpha value is -0.520. The van der Waals surface area contributed by atoms with Crippen LogP contribution in [0.5, 0.6) is 0 Å². The molecule has 6 heteroatoms. The smallest absolute Gasteiger partial charge is 0.193 e. The van der Waals surface area contributed by atoms with Crippen LogP contribution < -0.4 is 5.32 Å². The van der Waals surface area contributed by atoms with E-state index in [1.807, 2.05) is 6.92 Å². The topological polar surface area (TPSA) is 59.3 Å². The van der Waals surface area contributed by atoms with Gasteiger partial charge in [0.2, 0.25) is 0 Å². The van der Waals surface area contributed by atoms with Gasteiger partial charge in [0.1, 0.15) is 15.6 Å². The third kappa shape index (κ3) is 5.20. The SMILES string of the molecule is C[C@@H](CS(C)(=O)=O)NCc1ccc(Cl)o1. The van der Waals surface area contributed by atoms with Gasteiger partial charge in [-0.15, -0.1) is 0 Å². The van der Waals surface area contributed by atoms with Gasteiger partial charge in [-0.1, -0.05) is 0 Å². The van der Waals surface area contributed by atoms with Crippen molar-refractivity contribution in [2.75, 3.05) is 12.0 Å². The van der Waals surface area contributed by atoms with Gasteiger partial charge in [0, 0.05) is 12.3 Å². The fraction of sp³-hybridized carbons (Fsp3) is 0.556. The Morgan fingerprint density at radius 1 is 1.53 bits per heavy atom. The first kappa shape index (κ1) is 12.5. The molecule has 0 aromatic carbocycles. The first-order valence-corrected chi connectivity index (χ1v) is 6.96. The van der Waals surface area contributed by atoms with Crippen LogP contribution >= 0.6 is 11.6 Å². The first-order chi connectivity index (χ1) is 6.87. The van der Waals surface area contributed by atoms with E-state index >= 15 is 0 Å². The minimum atomic E-state index is -2.94. The fourth-order valence-electron chi connectivity index (χ4n) is 1.23. The second-order valence-corrected chi connectivity index (χ2v) is 6.14. The molecule has 0 amide bonds. The Balaban J connectivity index is 2.37. The van der Waals surface area contributed by atoms with Gasteiger partial charge >= 0.3 is 0 Å². The van der Waals surface area contributed by atoms with Crippen LogP contribution in [-0.4, -0.2) is 26.5 Å². The van der Waals surface area contributed by atoms with Crippen molar-refractivity contribution in [3.8, 4) is 0 Å². The van der Waals surface area contributed by atoms with E-state index < -0.39 is 9.84 Å². The molecule has 1 atom stereocenters. The van der Waals surface area contributed by atoms with E-state index in [0.29, 0.717) is 17.5 Å². The minimum Gasteiger partial charge on any atom is -0.448 e.